The van der Waals surface area contributed by atoms with Crippen LogP contribution in [-0.2, 0) is 4.74 Å². The Morgan fingerprint density at radius 3 is 2.52 bits per heavy atom. The summed E-state index contributed by atoms with van der Waals surface area (Å²) in [6.45, 7) is 9.09. The number of nitrogens with one attached hydrogen (secondary N) is 1. The zero-order valence-corrected chi connectivity index (χ0v) is 19.8. The summed E-state index contributed by atoms with van der Waals surface area (Å²) in [6, 6.07) is 7.26. The zero-order valence-electron chi connectivity index (χ0n) is 19.0. The summed E-state index contributed by atoms with van der Waals surface area (Å²) in [5, 5.41) is 4.86. The second-order valence-corrected chi connectivity index (χ2v) is 9.75. The highest BCUT2D eigenvalue weighted by atomic mass is 32.1. The molecular formula is C23H26N4O5S. The summed E-state index contributed by atoms with van der Waals surface area (Å²) in [4.78, 5) is 46.4. The second-order valence-electron chi connectivity index (χ2n) is 8.80. The first-order valence-electron chi connectivity index (χ1n) is 10.6. The molecule has 1 aliphatic rings. The lowest BCUT2D eigenvalue weighted by molar-refractivity contribution is 0.0635. The molecule has 0 aliphatic carbocycles. The molecular weight excluding hydrogens is 444 g/mol. The summed E-state index contributed by atoms with van der Waals surface area (Å²) in [5.41, 5.74) is 0.322. The number of nitrogens with zero attached hydrogens (tertiary/aromatic N) is 3. The second kappa shape index (κ2) is 8.86. The molecule has 0 saturated carbocycles. The van der Waals surface area contributed by atoms with E-state index >= 15 is 0 Å². The Labute approximate surface area is 195 Å². The molecule has 174 valence electrons. The van der Waals surface area contributed by atoms with Crippen LogP contribution in [0.1, 0.15) is 36.0 Å². The van der Waals surface area contributed by atoms with Gasteiger partial charge in [0.25, 0.3) is 5.91 Å². The van der Waals surface area contributed by atoms with Gasteiger partial charge in [-0.05, 0) is 56.8 Å². The minimum Gasteiger partial charge on any atom is -0.444 e. The molecule has 2 amide bonds. The van der Waals surface area contributed by atoms with E-state index < -0.39 is 17.3 Å². The van der Waals surface area contributed by atoms with Gasteiger partial charge in [-0.1, -0.05) is 6.07 Å². The summed E-state index contributed by atoms with van der Waals surface area (Å²) in [5.74, 6) is 0.0122. The van der Waals surface area contributed by atoms with E-state index in [4.69, 9.17) is 9.15 Å². The number of hydrogen-bond donors (Lipinski definition) is 1. The number of thiophene rings is 1. The van der Waals surface area contributed by atoms with E-state index in [2.05, 4.69) is 10.3 Å². The third-order valence-corrected chi connectivity index (χ3v) is 6.11. The Kier molecular flexibility index (Phi) is 6.11. The molecule has 0 spiro atoms. The fraction of sp³-hybridized carbons (Fsp3) is 0.391. The fourth-order valence-corrected chi connectivity index (χ4v) is 4.34. The van der Waals surface area contributed by atoms with Gasteiger partial charge in [-0.3, -0.25) is 10.1 Å². The van der Waals surface area contributed by atoms with Crippen molar-refractivity contribution in [2.45, 2.75) is 33.3 Å². The van der Waals surface area contributed by atoms with Crippen LogP contribution < -0.4 is 15.8 Å². The van der Waals surface area contributed by atoms with Gasteiger partial charge < -0.3 is 19.0 Å². The first kappa shape index (κ1) is 22.8. The van der Waals surface area contributed by atoms with Crippen LogP contribution in [0.5, 0.6) is 0 Å². The van der Waals surface area contributed by atoms with E-state index in [1.807, 2.05) is 22.4 Å². The Hall–Kier alpha value is -3.40. The standard InChI is InChI=1S/C23H26N4O5S/c1-14-15(25-22(30)32-23(2,3)4)7-8-16-18(14)20(29)31-21(24-16)27-11-9-26(10-12-27)19(28)17-6-5-13-33-17/h5-8,13H,9-12H2,1-4H3,(H,25,30). The van der Waals surface area contributed by atoms with E-state index in [1.165, 1.54) is 11.3 Å². The highest BCUT2D eigenvalue weighted by Gasteiger charge is 2.25. The van der Waals surface area contributed by atoms with E-state index in [0.717, 1.165) is 0 Å². The van der Waals surface area contributed by atoms with Crippen LogP contribution >= 0.6 is 11.3 Å². The molecule has 33 heavy (non-hydrogen) atoms. The van der Waals surface area contributed by atoms with Crippen LogP contribution in [0.2, 0.25) is 0 Å². The van der Waals surface area contributed by atoms with E-state index in [1.54, 1.807) is 44.7 Å². The van der Waals surface area contributed by atoms with Gasteiger partial charge in [-0.25, -0.2) is 9.59 Å². The van der Waals surface area contributed by atoms with Crippen molar-refractivity contribution in [1.29, 1.82) is 0 Å². The monoisotopic (exact) mass is 470 g/mol. The minimum absolute atomic E-state index is 0.0122. The van der Waals surface area contributed by atoms with Crippen molar-refractivity contribution in [3.05, 3.63) is 50.5 Å². The topological polar surface area (TPSA) is 105 Å². The molecule has 0 radical (unpaired) electrons. The maximum atomic E-state index is 12.8. The summed E-state index contributed by atoms with van der Waals surface area (Å²) >= 11 is 1.42. The van der Waals surface area contributed by atoms with E-state index in [-0.39, 0.29) is 11.9 Å². The molecule has 1 N–H and O–H groups in total. The van der Waals surface area contributed by atoms with Crippen LogP contribution in [0, 0.1) is 6.92 Å². The summed E-state index contributed by atoms with van der Waals surface area (Å²) in [6.07, 6.45) is -0.603. The lowest BCUT2D eigenvalue weighted by atomic mass is 10.1. The average Bonchev–Trinajstić information content (AvgIpc) is 3.28. The maximum absolute atomic E-state index is 12.8. The first-order valence-corrected chi connectivity index (χ1v) is 11.5. The largest absolute Gasteiger partial charge is 0.444 e. The Morgan fingerprint density at radius 2 is 1.88 bits per heavy atom. The highest BCUT2D eigenvalue weighted by molar-refractivity contribution is 7.12. The van der Waals surface area contributed by atoms with Gasteiger partial charge >= 0.3 is 17.7 Å². The first-order chi connectivity index (χ1) is 15.6. The van der Waals surface area contributed by atoms with Crippen LogP contribution in [-0.4, -0.2) is 53.7 Å². The van der Waals surface area contributed by atoms with Gasteiger partial charge in [0.1, 0.15) is 5.60 Å². The number of aryl methyl sites for hydroxylation is 1. The van der Waals surface area contributed by atoms with Crippen LogP contribution in [0.15, 0.2) is 38.9 Å². The van der Waals surface area contributed by atoms with Crippen LogP contribution in [0.4, 0.5) is 16.5 Å². The van der Waals surface area contributed by atoms with Crippen molar-refractivity contribution >= 4 is 45.9 Å². The Balaban J connectivity index is 1.51. The lowest BCUT2D eigenvalue weighted by Gasteiger charge is -2.34. The van der Waals surface area contributed by atoms with Crippen molar-refractivity contribution in [1.82, 2.24) is 9.88 Å². The molecule has 3 aromatic rings. The van der Waals surface area contributed by atoms with E-state index in [9.17, 15) is 14.4 Å². The third kappa shape index (κ3) is 5.00. The highest BCUT2D eigenvalue weighted by Crippen LogP contribution is 2.25. The number of ether oxygens (including phenoxy) is 1. The van der Waals surface area contributed by atoms with Gasteiger partial charge in [-0.15, -0.1) is 11.3 Å². The number of anilines is 2. The van der Waals surface area contributed by atoms with Crippen molar-refractivity contribution in [2.24, 2.45) is 0 Å². The number of fused-ring (bicyclic) bond motifs is 1. The zero-order chi connectivity index (χ0) is 23.8. The normalized spacial score (nSPS) is 14.4. The number of carbonyl (C=O) groups excluding carboxylic acids is 2. The average molecular weight is 471 g/mol. The predicted molar refractivity (Wildman–Crippen MR) is 127 cm³/mol. The van der Waals surface area contributed by atoms with Gasteiger partial charge in [0.05, 0.1) is 15.8 Å². The molecule has 1 aromatic carbocycles. The van der Waals surface area contributed by atoms with Crippen LogP contribution in [0.25, 0.3) is 10.9 Å². The minimum atomic E-state index is -0.636. The molecule has 1 fully saturated rings. The molecule has 3 heterocycles. The smallest absolute Gasteiger partial charge is 0.412 e. The molecule has 0 unspecified atom stereocenters. The number of amides is 2. The van der Waals surface area contributed by atoms with Crippen molar-refractivity contribution in [2.75, 3.05) is 36.4 Å². The van der Waals surface area contributed by atoms with Crippen LogP contribution in [0.3, 0.4) is 0 Å². The molecule has 2 aromatic heterocycles. The Bertz CT molecular complexity index is 1240. The van der Waals surface area contributed by atoms with Crippen molar-refractivity contribution in [3.63, 3.8) is 0 Å². The van der Waals surface area contributed by atoms with Gasteiger partial charge in [0.2, 0.25) is 0 Å². The van der Waals surface area contributed by atoms with Crippen molar-refractivity contribution < 1.29 is 18.7 Å². The molecule has 0 bridgehead atoms. The lowest BCUT2D eigenvalue weighted by Crippen LogP contribution is -2.49. The third-order valence-electron chi connectivity index (χ3n) is 5.25. The molecule has 1 aliphatic heterocycles. The Morgan fingerprint density at radius 1 is 1.15 bits per heavy atom. The number of carbonyl (C=O) groups is 2. The molecule has 9 nitrogen and oxygen atoms in total. The summed E-state index contributed by atoms with van der Waals surface area (Å²) in [7, 11) is 0. The fourth-order valence-electron chi connectivity index (χ4n) is 3.65. The SMILES string of the molecule is Cc1c(NC(=O)OC(C)(C)C)ccc2nc(N3CCN(C(=O)c4cccs4)CC3)oc(=O)c12. The molecule has 1 saturated heterocycles. The number of aromatic nitrogens is 1. The van der Waals surface area contributed by atoms with Gasteiger partial charge in [0.15, 0.2) is 0 Å². The van der Waals surface area contributed by atoms with Crippen molar-refractivity contribution in [3.8, 4) is 0 Å². The molecule has 4 rings (SSSR count). The number of piperazine rings is 1. The van der Waals surface area contributed by atoms with Gasteiger partial charge in [-0.2, -0.15) is 4.98 Å². The quantitative estimate of drug-likeness (QED) is 0.620. The predicted octanol–water partition coefficient (Wildman–Crippen LogP) is 3.87. The van der Waals surface area contributed by atoms with Gasteiger partial charge in [0, 0.05) is 31.9 Å². The summed E-state index contributed by atoms with van der Waals surface area (Å²) < 4.78 is 10.8. The molecule has 10 heteroatoms. The number of hydrogen-bond acceptors (Lipinski definition) is 8. The maximum Gasteiger partial charge on any atom is 0.412 e. The number of rotatable bonds is 3. The number of benzene rings is 1. The molecule has 0 atom stereocenters. The van der Waals surface area contributed by atoms with E-state index in [0.29, 0.717) is 53.2 Å².